The van der Waals surface area contributed by atoms with Gasteiger partial charge in [0.15, 0.2) is 0 Å². The molecule has 1 amide bonds. The van der Waals surface area contributed by atoms with Crippen LogP contribution in [0.25, 0.3) is 0 Å². The lowest BCUT2D eigenvalue weighted by Gasteiger charge is -2.16. The van der Waals surface area contributed by atoms with Crippen LogP contribution in [0.3, 0.4) is 0 Å². The lowest BCUT2D eigenvalue weighted by molar-refractivity contribution is -0.156. The summed E-state index contributed by atoms with van der Waals surface area (Å²) in [5, 5.41) is 10.1. The highest BCUT2D eigenvalue weighted by molar-refractivity contribution is 6.43. The highest BCUT2D eigenvalue weighted by Crippen LogP contribution is 2.19. The van der Waals surface area contributed by atoms with E-state index in [0.29, 0.717) is 6.92 Å². The van der Waals surface area contributed by atoms with Crippen LogP contribution in [0, 0.1) is 0 Å². The zero-order valence-corrected chi connectivity index (χ0v) is 9.54. The minimum absolute atomic E-state index is 0.329. The van der Waals surface area contributed by atoms with Crippen LogP contribution in [0.2, 0.25) is 0 Å². The van der Waals surface area contributed by atoms with E-state index in [-0.39, 0.29) is 11.3 Å². The van der Waals surface area contributed by atoms with Crippen LogP contribution in [-0.4, -0.2) is 40.0 Å². The van der Waals surface area contributed by atoms with Gasteiger partial charge in [-0.1, -0.05) is 0 Å². The van der Waals surface area contributed by atoms with E-state index in [1.54, 1.807) is 0 Å². The summed E-state index contributed by atoms with van der Waals surface area (Å²) >= 11 is 0. The van der Waals surface area contributed by atoms with Gasteiger partial charge in [0.1, 0.15) is 11.7 Å². The van der Waals surface area contributed by atoms with E-state index < -0.39 is 29.9 Å². The Labute approximate surface area is 104 Å². The predicted octanol–water partition coefficient (Wildman–Crippen LogP) is 0.963. The number of H-pyrrole nitrogens is 1. The molecule has 1 heterocycles. The van der Waals surface area contributed by atoms with E-state index in [2.05, 4.69) is 4.98 Å². The summed E-state index contributed by atoms with van der Waals surface area (Å²) in [6.07, 6.45) is -3.73. The van der Waals surface area contributed by atoms with E-state index in [1.165, 1.54) is 5.32 Å². The summed E-state index contributed by atoms with van der Waals surface area (Å²) in [5.41, 5.74) is -0.677. The molecule has 1 atom stereocenters. The second-order valence-electron chi connectivity index (χ2n) is 3.67. The van der Waals surface area contributed by atoms with Gasteiger partial charge < -0.3 is 15.4 Å². The molecule has 1 aromatic heterocycles. The molecule has 1 aromatic rings. The number of hydrogen-bond acceptors (Lipinski definition) is 3. The Bertz CT molecular complexity index is 521. The Morgan fingerprint density at radius 2 is 1.95 bits per heavy atom. The minimum atomic E-state index is -4.67. The van der Waals surface area contributed by atoms with Gasteiger partial charge in [-0.25, -0.2) is 4.79 Å². The molecule has 0 radical (unpaired) electrons. The first kappa shape index (κ1) is 14.7. The quantitative estimate of drug-likeness (QED) is 0.564. The van der Waals surface area contributed by atoms with E-state index in [9.17, 15) is 27.6 Å². The molecule has 0 spiro atoms. The van der Waals surface area contributed by atoms with Crippen LogP contribution in [-0.2, 0) is 4.79 Å². The van der Waals surface area contributed by atoms with Crippen LogP contribution < -0.4 is 5.32 Å². The zero-order chi connectivity index (χ0) is 14.8. The number of alkyl halides is 3. The number of carbonyl (C=O) groups is 3. The fourth-order valence-electron chi connectivity index (χ4n) is 1.12. The molecule has 104 valence electrons. The Balaban J connectivity index is 2.77. The van der Waals surface area contributed by atoms with Crippen molar-refractivity contribution in [2.75, 3.05) is 0 Å². The van der Waals surface area contributed by atoms with Crippen molar-refractivity contribution >= 4 is 17.7 Å². The summed E-state index contributed by atoms with van der Waals surface area (Å²) in [5.74, 6) is -4.07. The highest BCUT2D eigenvalue weighted by Gasteiger charge is 2.38. The molecule has 0 fully saturated rings. The third-order valence-corrected chi connectivity index (χ3v) is 2.22. The molecule has 0 saturated heterocycles. The van der Waals surface area contributed by atoms with Crippen LogP contribution in [0.4, 0.5) is 13.2 Å². The number of Topliss-reactive ketones (excluding diaryl/α,β-unsaturated/α-hetero) is 1. The number of carbonyl (C=O) groups excluding carboxylic acids is 2. The molecule has 6 nitrogen and oxygen atoms in total. The van der Waals surface area contributed by atoms with Gasteiger partial charge >= 0.3 is 12.1 Å². The molecule has 3 N–H and O–H groups in total. The number of carboxylic acids is 1. The lowest BCUT2D eigenvalue weighted by Crippen LogP contribution is -2.45. The fraction of sp³-hybridized carbons (Fsp3) is 0.300. The monoisotopic (exact) mass is 278 g/mol. The number of aromatic amines is 1. The number of hydrogen-bond donors (Lipinski definition) is 3. The number of aromatic nitrogens is 1. The molecule has 1 rings (SSSR count). The Morgan fingerprint density at radius 1 is 1.37 bits per heavy atom. The molecule has 0 saturated carbocycles. The van der Waals surface area contributed by atoms with Crippen molar-refractivity contribution < 1.29 is 32.7 Å². The number of halogens is 3. The third kappa shape index (κ3) is 3.57. The smallest absolute Gasteiger partial charge is 0.408 e. The van der Waals surface area contributed by atoms with Crippen molar-refractivity contribution in [3.05, 3.63) is 23.5 Å². The number of aromatic carboxylic acids is 1. The molecule has 0 unspecified atom stereocenters. The molecule has 0 aliphatic carbocycles. The van der Waals surface area contributed by atoms with Gasteiger partial charge in [-0.15, -0.1) is 0 Å². The summed E-state index contributed by atoms with van der Waals surface area (Å²) in [4.78, 5) is 35.4. The summed E-state index contributed by atoms with van der Waals surface area (Å²) in [6.45, 7) is 0.685. The normalized spacial score (nSPS) is 12.8. The second-order valence-corrected chi connectivity index (χ2v) is 3.67. The first-order valence-electron chi connectivity index (χ1n) is 4.96. The maximum absolute atomic E-state index is 12.2. The van der Waals surface area contributed by atoms with Gasteiger partial charge in [-0.2, -0.15) is 13.2 Å². The van der Waals surface area contributed by atoms with Gasteiger partial charge in [0.2, 0.25) is 0 Å². The van der Waals surface area contributed by atoms with Gasteiger partial charge in [0.25, 0.3) is 11.7 Å². The maximum Gasteiger partial charge on any atom is 0.408 e. The van der Waals surface area contributed by atoms with Crippen LogP contribution in [0.15, 0.2) is 12.3 Å². The SMILES string of the molecule is C[C@@H](NC(=O)C(=O)c1c[nH]c(C(=O)O)c1)C(F)(F)F. The van der Waals surface area contributed by atoms with Crippen molar-refractivity contribution in [3.63, 3.8) is 0 Å². The highest BCUT2D eigenvalue weighted by atomic mass is 19.4. The standard InChI is InChI=1S/C10H9F3N2O4/c1-4(10(11,12)13)15-8(17)7(16)5-2-6(9(18)19)14-3-5/h2-4,14H,1H3,(H,15,17)(H,18,19)/t4-/m1/s1. The summed E-state index contributed by atoms with van der Waals surface area (Å²) in [7, 11) is 0. The molecular weight excluding hydrogens is 269 g/mol. The van der Waals surface area contributed by atoms with Crippen LogP contribution >= 0.6 is 0 Å². The minimum Gasteiger partial charge on any atom is -0.477 e. The topological polar surface area (TPSA) is 99.3 Å². The average molecular weight is 278 g/mol. The number of nitrogens with one attached hydrogen (secondary N) is 2. The molecule has 19 heavy (non-hydrogen) atoms. The summed E-state index contributed by atoms with van der Waals surface area (Å²) in [6, 6.07) is -1.32. The Kier molecular flexibility index (Phi) is 3.98. The Morgan fingerprint density at radius 3 is 2.37 bits per heavy atom. The van der Waals surface area contributed by atoms with Gasteiger partial charge in [0, 0.05) is 11.8 Å². The van der Waals surface area contributed by atoms with Crippen LogP contribution in [0.1, 0.15) is 27.8 Å². The fourth-order valence-corrected chi connectivity index (χ4v) is 1.12. The maximum atomic E-state index is 12.2. The Hall–Kier alpha value is -2.32. The van der Waals surface area contributed by atoms with Crippen molar-refractivity contribution in [2.45, 2.75) is 19.1 Å². The number of amides is 1. The average Bonchev–Trinajstić information content (AvgIpc) is 2.75. The van der Waals surface area contributed by atoms with E-state index in [1.807, 2.05) is 0 Å². The first-order chi connectivity index (χ1) is 8.62. The van der Waals surface area contributed by atoms with Crippen molar-refractivity contribution in [3.8, 4) is 0 Å². The lowest BCUT2D eigenvalue weighted by atomic mass is 10.2. The predicted molar refractivity (Wildman–Crippen MR) is 55.7 cm³/mol. The summed E-state index contributed by atoms with van der Waals surface area (Å²) < 4.78 is 36.5. The van der Waals surface area contributed by atoms with Crippen molar-refractivity contribution in [2.24, 2.45) is 0 Å². The molecule has 9 heteroatoms. The van der Waals surface area contributed by atoms with Crippen molar-refractivity contribution in [1.82, 2.24) is 10.3 Å². The van der Waals surface area contributed by atoms with Gasteiger partial charge in [-0.3, -0.25) is 9.59 Å². The zero-order valence-electron chi connectivity index (χ0n) is 9.54. The molecule has 0 aliphatic rings. The first-order valence-corrected chi connectivity index (χ1v) is 4.96. The molecule has 0 bridgehead atoms. The number of rotatable bonds is 4. The molecule has 0 aliphatic heterocycles. The molecule has 0 aromatic carbocycles. The molecular formula is C10H9F3N2O4. The van der Waals surface area contributed by atoms with Crippen LogP contribution in [0.5, 0.6) is 0 Å². The second kappa shape index (κ2) is 5.12. The van der Waals surface area contributed by atoms with E-state index in [4.69, 9.17) is 5.11 Å². The number of carboxylic acid groups (broad SMARTS) is 1. The van der Waals surface area contributed by atoms with E-state index in [0.717, 1.165) is 12.3 Å². The van der Waals surface area contributed by atoms with Gasteiger partial charge in [0.05, 0.1) is 0 Å². The van der Waals surface area contributed by atoms with E-state index >= 15 is 0 Å². The van der Waals surface area contributed by atoms with Gasteiger partial charge in [-0.05, 0) is 13.0 Å². The number of ketones is 1. The third-order valence-electron chi connectivity index (χ3n) is 2.22. The largest absolute Gasteiger partial charge is 0.477 e. The van der Waals surface area contributed by atoms with Crippen molar-refractivity contribution in [1.29, 1.82) is 0 Å².